The van der Waals surface area contributed by atoms with Crippen LogP contribution in [0.2, 0.25) is 0 Å². The summed E-state index contributed by atoms with van der Waals surface area (Å²) in [5.41, 5.74) is 3.32. The Morgan fingerprint density at radius 3 is 2.44 bits per heavy atom. The van der Waals surface area contributed by atoms with Crippen molar-refractivity contribution in [3.8, 4) is 5.75 Å². The topological polar surface area (TPSA) is 75.6 Å². The molecule has 25 heavy (non-hydrogen) atoms. The van der Waals surface area contributed by atoms with Crippen molar-refractivity contribution in [2.24, 2.45) is 0 Å². The smallest absolute Gasteiger partial charge is 0.341 e. The van der Waals surface area contributed by atoms with Gasteiger partial charge in [-0.05, 0) is 49.1 Å². The van der Waals surface area contributed by atoms with E-state index in [1.54, 1.807) is 12.1 Å². The maximum Gasteiger partial charge on any atom is 0.341 e. The number of rotatable bonds is 8. The summed E-state index contributed by atoms with van der Waals surface area (Å²) in [4.78, 5) is 22.6. The summed E-state index contributed by atoms with van der Waals surface area (Å²) in [5, 5.41) is 11.6. The average Bonchev–Trinajstić information content (AvgIpc) is 2.59. The zero-order valence-corrected chi connectivity index (χ0v) is 14.5. The van der Waals surface area contributed by atoms with Gasteiger partial charge in [0.05, 0.1) is 6.04 Å². The summed E-state index contributed by atoms with van der Waals surface area (Å²) in [7, 11) is 0. The first-order valence-corrected chi connectivity index (χ1v) is 8.24. The minimum Gasteiger partial charge on any atom is -0.482 e. The van der Waals surface area contributed by atoms with Gasteiger partial charge in [0.15, 0.2) is 6.61 Å². The Kier molecular flexibility index (Phi) is 6.57. The Morgan fingerprint density at radius 2 is 1.80 bits per heavy atom. The minimum absolute atomic E-state index is 0.00181. The summed E-state index contributed by atoms with van der Waals surface area (Å²) in [6.45, 7) is 3.59. The van der Waals surface area contributed by atoms with E-state index in [2.05, 4.69) is 5.32 Å². The van der Waals surface area contributed by atoms with Crippen LogP contribution in [0.1, 0.15) is 36.1 Å². The van der Waals surface area contributed by atoms with Crippen molar-refractivity contribution in [1.82, 2.24) is 5.32 Å². The van der Waals surface area contributed by atoms with Gasteiger partial charge in [-0.3, -0.25) is 4.79 Å². The molecule has 0 aliphatic heterocycles. The molecule has 0 heterocycles. The van der Waals surface area contributed by atoms with E-state index in [0.717, 1.165) is 5.56 Å². The van der Waals surface area contributed by atoms with Gasteiger partial charge >= 0.3 is 5.97 Å². The van der Waals surface area contributed by atoms with Gasteiger partial charge < -0.3 is 15.2 Å². The van der Waals surface area contributed by atoms with E-state index in [9.17, 15) is 9.59 Å². The quantitative estimate of drug-likeness (QED) is 0.773. The highest BCUT2D eigenvalue weighted by molar-refractivity contribution is 5.76. The summed E-state index contributed by atoms with van der Waals surface area (Å²) in [6, 6.07) is 15.0. The van der Waals surface area contributed by atoms with Gasteiger partial charge in [0.1, 0.15) is 5.75 Å². The Bertz CT molecular complexity index is 725. The molecule has 5 heteroatoms. The van der Waals surface area contributed by atoms with Gasteiger partial charge in [-0.25, -0.2) is 4.79 Å². The molecule has 1 atom stereocenters. The lowest BCUT2D eigenvalue weighted by atomic mass is 10.0. The molecule has 0 saturated carbocycles. The number of nitrogens with one attached hydrogen (secondary N) is 1. The first kappa shape index (κ1) is 18.5. The predicted molar refractivity (Wildman–Crippen MR) is 95.6 cm³/mol. The molecule has 2 aromatic rings. The van der Waals surface area contributed by atoms with Crippen LogP contribution in [-0.4, -0.2) is 23.6 Å². The lowest BCUT2D eigenvalue weighted by molar-refractivity contribution is -0.139. The lowest BCUT2D eigenvalue weighted by Gasteiger charge is -2.15. The molecule has 132 valence electrons. The number of hydrogen-bond acceptors (Lipinski definition) is 3. The third-order valence-corrected chi connectivity index (χ3v) is 4.00. The highest BCUT2D eigenvalue weighted by Gasteiger charge is 2.10. The van der Waals surface area contributed by atoms with Gasteiger partial charge in [-0.1, -0.05) is 36.4 Å². The zero-order chi connectivity index (χ0) is 18.2. The Labute approximate surface area is 147 Å². The lowest BCUT2D eigenvalue weighted by Crippen LogP contribution is -2.26. The number of aliphatic carboxylic acids is 1. The van der Waals surface area contributed by atoms with Crippen LogP contribution in [0.5, 0.6) is 5.75 Å². The molecule has 0 fully saturated rings. The predicted octanol–water partition coefficient (Wildman–Crippen LogP) is 3.27. The van der Waals surface area contributed by atoms with Crippen LogP contribution in [0.25, 0.3) is 0 Å². The van der Waals surface area contributed by atoms with Gasteiger partial charge in [0, 0.05) is 6.42 Å². The van der Waals surface area contributed by atoms with Crippen molar-refractivity contribution in [3.05, 3.63) is 65.2 Å². The number of amides is 1. The summed E-state index contributed by atoms with van der Waals surface area (Å²) >= 11 is 0. The van der Waals surface area contributed by atoms with Crippen LogP contribution < -0.4 is 10.1 Å². The molecule has 2 rings (SSSR count). The van der Waals surface area contributed by atoms with Gasteiger partial charge in [-0.15, -0.1) is 0 Å². The van der Waals surface area contributed by atoms with E-state index < -0.39 is 5.97 Å². The van der Waals surface area contributed by atoms with E-state index in [1.165, 1.54) is 11.1 Å². The second-order valence-corrected chi connectivity index (χ2v) is 5.97. The summed E-state index contributed by atoms with van der Waals surface area (Å²) in [5.74, 6) is -0.524. The number of carboxylic acid groups (broad SMARTS) is 1. The molecule has 0 bridgehead atoms. The fourth-order valence-electron chi connectivity index (χ4n) is 2.53. The number of carbonyl (C=O) groups is 2. The largest absolute Gasteiger partial charge is 0.482 e. The van der Waals surface area contributed by atoms with E-state index in [4.69, 9.17) is 9.84 Å². The average molecular weight is 341 g/mol. The molecule has 0 spiro atoms. The van der Waals surface area contributed by atoms with Crippen molar-refractivity contribution in [1.29, 1.82) is 0 Å². The highest BCUT2D eigenvalue weighted by atomic mass is 16.5. The monoisotopic (exact) mass is 341 g/mol. The van der Waals surface area contributed by atoms with Crippen LogP contribution in [0, 0.1) is 6.92 Å². The van der Waals surface area contributed by atoms with E-state index in [0.29, 0.717) is 18.6 Å². The van der Waals surface area contributed by atoms with E-state index >= 15 is 0 Å². The van der Waals surface area contributed by atoms with Crippen LogP contribution in [0.15, 0.2) is 48.5 Å². The van der Waals surface area contributed by atoms with Gasteiger partial charge in [-0.2, -0.15) is 0 Å². The van der Waals surface area contributed by atoms with Crippen LogP contribution in [0.4, 0.5) is 0 Å². The molecule has 0 aliphatic rings. The zero-order valence-electron chi connectivity index (χ0n) is 14.5. The third kappa shape index (κ3) is 5.95. The van der Waals surface area contributed by atoms with Crippen molar-refractivity contribution < 1.29 is 19.4 Å². The normalized spacial score (nSPS) is 11.6. The molecule has 0 saturated heterocycles. The number of carboxylic acids is 1. The SMILES string of the molecule is Cc1ccccc1CCC(=O)NC(C)c1ccc(OCC(=O)O)cc1. The second kappa shape index (κ2) is 8.87. The number of aryl methyl sites for hydroxylation is 2. The second-order valence-electron chi connectivity index (χ2n) is 5.97. The Morgan fingerprint density at radius 1 is 1.12 bits per heavy atom. The van der Waals surface area contributed by atoms with Crippen molar-refractivity contribution >= 4 is 11.9 Å². The summed E-state index contributed by atoms with van der Waals surface area (Å²) < 4.78 is 5.10. The molecule has 0 aliphatic carbocycles. The molecular weight excluding hydrogens is 318 g/mol. The minimum atomic E-state index is -1.02. The van der Waals surface area contributed by atoms with Crippen LogP contribution in [-0.2, 0) is 16.0 Å². The molecule has 1 unspecified atom stereocenters. The first-order valence-electron chi connectivity index (χ1n) is 8.24. The van der Waals surface area contributed by atoms with Crippen molar-refractivity contribution in [3.63, 3.8) is 0 Å². The molecular formula is C20H23NO4. The standard InChI is InChI=1S/C20H23NO4/c1-14-5-3-4-6-16(14)9-12-19(22)21-15(2)17-7-10-18(11-8-17)25-13-20(23)24/h3-8,10-11,15H,9,12-13H2,1-2H3,(H,21,22)(H,23,24). The number of ether oxygens (including phenoxy) is 1. The Balaban J connectivity index is 1.84. The van der Waals surface area contributed by atoms with Crippen molar-refractivity contribution in [2.75, 3.05) is 6.61 Å². The van der Waals surface area contributed by atoms with E-state index in [-0.39, 0.29) is 18.6 Å². The van der Waals surface area contributed by atoms with Gasteiger partial charge in [0.2, 0.25) is 5.91 Å². The molecule has 2 N–H and O–H groups in total. The summed E-state index contributed by atoms with van der Waals surface area (Å²) in [6.07, 6.45) is 1.15. The maximum atomic E-state index is 12.2. The highest BCUT2D eigenvalue weighted by Crippen LogP contribution is 2.18. The Hall–Kier alpha value is -2.82. The van der Waals surface area contributed by atoms with Crippen molar-refractivity contribution in [2.45, 2.75) is 32.7 Å². The van der Waals surface area contributed by atoms with E-state index in [1.807, 2.05) is 50.2 Å². The third-order valence-electron chi connectivity index (χ3n) is 4.00. The fraction of sp³-hybridized carbons (Fsp3) is 0.300. The first-order chi connectivity index (χ1) is 12.0. The molecule has 0 aromatic heterocycles. The molecule has 1 amide bonds. The molecule has 0 radical (unpaired) electrons. The van der Waals surface area contributed by atoms with Crippen LogP contribution in [0.3, 0.4) is 0 Å². The van der Waals surface area contributed by atoms with Crippen LogP contribution >= 0.6 is 0 Å². The fourth-order valence-corrected chi connectivity index (χ4v) is 2.53. The number of carbonyl (C=O) groups excluding carboxylic acids is 1. The number of hydrogen-bond donors (Lipinski definition) is 2. The number of benzene rings is 2. The van der Waals surface area contributed by atoms with Gasteiger partial charge in [0.25, 0.3) is 0 Å². The molecule has 5 nitrogen and oxygen atoms in total. The maximum absolute atomic E-state index is 12.2. The molecule has 2 aromatic carbocycles.